The van der Waals surface area contributed by atoms with Crippen LogP contribution in [-0.4, -0.2) is 24.4 Å². The second-order valence-corrected chi connectivity index (χ2v) is 5.74. The lowest BCUT2D eigenvalue weighted by atomic mass is 10.1. The third kappa shape index (κ3) is 4.64. The van der Waals surface area contributed by atoms with Crippen LogP contribution in [-0.2, 0) is 0 Å². The van der Waals surface area contributed by atoms with Gasteiger partial charge in [0.25, 0.3) is 5.69 Å². The number of ketones is 1. The lowest BCUT2D eigenvalue weighted by Crippen LogP contribution is -2.12. The van der Waals surface area contributed by atoms with Crippen LogP contribution in [0.5, 0.6) is 23.0 Å². The highest BCUT2D eigenvalue weighted by Crippen LogP contribution is 2.31. The molecule has 0 bridgehead atoms. The third-order valence-electron chi connectivity index (χ3n) is 3.87. The highest BCUT2D eigenvalue weighted by atomic mass is 16.6. The number of carbonyl (C=O) groups is 1. The first-order valence-electron chi connectivity index (χ1n) is 8.38. The van der Waals surface area contributed by atoms with Crippen LogP contribution >= 0.6 is 0 Å². The van der Waals surface area contributed by atoms with E-state index in [0.29, 0.717) is 17.1 Å². The number of nitro groups is 1. The van der Waals surface area contributed by atoms with E-state index in [1.54, 1.807) is 24.3 Å². The molecule has 0 radical (unpaired) electrons. The number of methoxy groups -OCH3 is 1. The summed E-state index contributed by atoms with van der Waals surface area (Å²) >= 11 is 0. The van der Waals surface area contributed by atoms with Gasteiger partial charge in [0.2, 0.25) is 0 Å². The average Bonchev–Trinajstić information content (AvgIpc) is 2.73. The van der Waals surface area contributed by atoms with Gasteiger partial charge in [-0.05, 0) is 42.5 Å². The van der Waals surface area contributed by atoms with Crippen molar-refractivity contribution in [1.82, 2.24) is 0 Å². The van der Waals surface area contributed by atoms with E-state index in [1.807, 2.05) is 30.3 Å². The van der Waals surface area contributed by atoms with Crippen molar-refractivity contribution >= 4 is 11.5 Å². The number of nitro benzene ring substituents is 1. The van der Waals surface area contributed by atoms with Crippen LogP contribution in [0.2, 0.25) is 0 Å². The standard InChI is InChI=1S/C21H17NO6/c1-26-21-13-16(22(24)25)9-12-20(21)27-14-19(23)15-7-10-18(11-8-15)28-17-5-3-2-4-6-17/h2-13H,14H2,1H3. The lowest BCUT2D eigenvalue weighted by Gasteiger charge is -2.10. The summed E-state index contributed by atoms with van der Waals surface area (Å²) in [6.45, 7) is -0.229. The van der Waals surface area contributed by atoms with Crippen LogP contribution in [0.15, 0.2) is 72.8 Å². The van der Waals surface area contributed by atoms with E-state index in [1.165, 1.54) is 25.3 Å². The number of benzene rings is 3. The summed E-state index contributed by atoms with van der Waals surface area (Å²) in [5, 5.41) is 10.8. The Bertz CT molecular complexity index is 970. The predicted octanol–water partition coefficient (Wildman–Crippen LogP) is 4.66. The van der Waals surface area contributed by atoms with Gasteiger partial charge >= 0.3 is 0 Å². The van der Waals surface area contributed by atoms with Gasteiger partial charge in [-0.1, -0.05) is 18.2 Å². The maximum absolute atomic E-state index is 12.3. The topological polar surface area (TPSA) is 87.9 Å². The van der Waals surface area contributed by atoms with E-state index in [2.05, 4.69) is 0 Å². The summed E-state index contributed by atoms with van der Waals surface area (Å²) in [4.78, 5) is 22.6. The second-order valence-electron chi connectivity index (χ2n) is 5.74. The molecule has 0 amide bonds. The van der Waals surface area contributed by atoms with Crippen LogP contribution in [0.4, 0.5) is 5.69 Å². The number of hydrogen-bond donors (Lipinski definition) is 0. The Kier molecular flexibility index (Phi) is 5.86. The molecular weight excluding hydrogens is 362 g/mol. The predicted molar refractivity (Wildman–Crippen MR) is 102 cm³/mol. The smallest absolute Gasteiger partial charge is 0.273 e. The van der Waals surface area contributed by atoms with Crippen molar-refractivity contribution < 1.29 is 23.9 Å². The molecule has 28 heavy (non-hydrogen) atoms. The molecule has 0 aliphatic rings. The fraction of sp³-hybridized carbons (Fsp3) is 0.0952. The van der Waals surface area contributed by atoms with Crippen molar-refractivity contribution in [2.45, 2.75) is 0 Å². The first-order valence-corrected chi connectivity index (χ1v) is 8.38. The molecule has 0 aliphatic carbocycles. The van der Waals surface area contributed by atoms with Gasteiger partial charge in [-0.3, -0.25) is 14.9 Å². The molecule has 0 aromatic heterocycles. The molecular formula is C21H17NO6. The quantitative estimate of drug-likeness (QED) is 0.321. The minimum atomic E-state index is -0.531. The number of nitrogens with zero attached hydrogens (tertiary/aromatic N) is 1. The molecule has 7 nitrogen and oxygen atoms in total. The maximum Gasteiger partial charge on any atom is 0.273 e. The molecule has 0 atom stereocenters. The van der Waals surface area contributed by atoms with Crippen molar-refractivity contribution in [3.05, 3.63) is 88.5 Å². The summed E-state index contributed by atoms with van der Waals surface area (Å²) in [6.07, 6.45) is 0. The van der Waals surface area contributed by atoms with Gasteiger partial charge in [-0.25, -0.2) is 0 Å². The Labute approximate surface area is 161 Å². The SMILES string of the molecule is COc1cc([N+](=O)[O-])ccc1OCC(=O)c1ccc(Oc2ccccc2)cc1. The van der Waals surface area contributed by atoms with Crippen molar-refractivity contribution in [1.29, 1.82) is 0 Å². The number of non-ortho nitro benzene ring substituents is 1. The van der Waals surface area contributed by atoms with Gasteiger partial charge in [0.05, 0.1) is 18.1 Å². The molecule has 3 rings (SSSR count). The molecule has 0 saturated carbocycles. The zero-order valence-corrected chi connectivity index (χ0v) is 15.0. The van der Waals surface area contributed by atoms with Gasteiger partial charge in [0.1, 0.15) is 11.5 Å². The largest absolute Gasteiger partial charge is 0.493 e. The maximum atomic E-state index is 12.3. The molecule has 0 aliphatic heterocycles. The van der Waals surface area contributed by atoms with Gasteiger partial charge in [-0.2, -0.15) is 0 Å². The van der Waals surface area contributed by atoms with E-state index in [9.17, 15) is 14.9 Å². The lowest BCUT2D eigenvalue weighted by molar-refractivity contribution is -0.384. The number of Topliss-reactive ketones (excluding diaryl/α,β-unsaturated/α-hetero) is 1. The summed E-state index contributed by atoms with van der Waals surface area (Å²) in [5.41, 5.74) is 0.339. The minimum absolute atomic E-state index is 0.121. The van der Waals surface area contributed by atoms with Crippen LogP contribution in [0.3, 0.4) is 0 Å². The number of rotatable bonds is 8. The Balaban J connectivity index is 1.63. The monoisotopic (exact) mass is 379 g/mol. The molecule has 142 valence electrons. The van der Waals surface area contributed by atoms with Gasteiger partial charge in [0, 0.05) is 11.6 Å². The molecule has 7 heteroatoms. The van der Waals surface area contributed by atoms with Crippen LogP contribution < -0.4 is 14.2 Å². The molecule has 0 unspecified atom stereocenters. The summed E-state index contributed by atoms with van der Waals surface area (Å²) < 4.78 is 16.3. The zero-order valence-electron chi connectivity index (χ0n) is 15.0. The minimum Gasteiger partial charge on any atom is -0.493 e. The first-order chi connectivity index (χ1) is 13.6. The van der Waals surface area contributed by atoms with Gasteiger partial charge in [0.15, 0.2) is 23.9 Å². The molecule has 0 saturated heterocycles. The average molecular weight is 379 g/mol. The van der Waals surface area contributed by atoms with Crippen molar-refractivity contribution in [2.24, 2.45) is 0 Å². The van der Waals surface area contributed by atoms with Crippen LogP contribution in [0.25, 0.3) is 0 Å². The molecule has 0 N–H and O–H groups in total. The summed E-state index contributed by atoms with van der Waals surface area (Å²) in [6, 6.07) is 20.0. The van der Waals surface area contributed by atoms with E-state index in [4.69, 9.17) is 14.2 Å². The summed E-state index contributed by atoms with van der Waals surface area (Å²) in [7, 11) is 1.37. The normalized spacial score (nSPS) is 10.2. The fourth-order valence-corrected chi connectivity index (χ4v) is 2.45. The highest BCUT2D eigenvalue weighted by Gasteiger charge is 2.14. The molecule has 0 fully saturated rings. The molecule has 0 spiro atoms. The fourth-order valence-electron chi connectivity index (χ4n) is 2.45. The van der Waals surface area contributed by atoms with Crippen LogP contribution in [0.1, 0.15) is 10.4 Å². The Hall–Kier alpha value is -3.87. The molecule has 0 heterocycles. The number of para-hydroxylation sites is 1. The number of hydrogen-bond acceptors (Lipinski definition) is 6. The number of carbonyl (C=O) groups excluding carboxylic acids is 1. The molecule has 3 aromatic rings. The van der Waals surface area contributed by atoms with Crippen molar-refractivity contribution in [3.8, 4) is 23.0 Å². The van der Waals surface area contributed by atoms with Gasteiger partial charge in [-0.15, -0.1) is 0 Å². The van der Waals surface area contributed by atoms with E-state index in [0.717, 1.165) is 0 Å². The van der Waals surface area contributed by atoms with E-state index < -0.39 is 4.92 Å². The highest BCUT2D eigenvalue weighted by molar-refractivity contribution is 5.97. The van der Waals surface area contributed by atoms with Crippen LogP contribution in [0, 0.1) is 10.1 Å². The zero-order chi connectivity index (χ0) is 19.9. The van der Waals surface area contributed by atoms with Crippen molar-refractivity contribution in [2.75, 3.05) is 13.7 Å². The molecule has 3 aromatic carbocycles. The van der Waals surface area contributed by atoms with Crippen molar-refractivity contribution in [3.63, 3.8) is 0 Å². The Morgan fingerprint density at radius 2 is 1.61 bits per heavy atom. The Morgan fingerprint density at radius 1 is 0.929 bits per heavy atom. The number of ether oxygens (including phenoxy) is 3. The first kappa shape index (κ1) is 18.9. The summed E-state index contributed by atoms with van der Waals surface area (Å²) in [5.74, 6) is 1.52. The van der Waals surface area contributed by atoms with E-state index >= 15 is 0 Å². The third-order valence-corrected chi connectivity index (χ3v) is 3.87. The van der Waals surface area contributed by atoms with E-state index in [-0.39, 0.29) is 29.6 Å². The second kappa shape index (κ2) is 8.68. The Morgan fingerprint density at radius 3 is 2.25 bits per heavy atom. The van der Waals surface area contributed by atoms with Gasteiger partial charge < -0.3 is 14.2 Å².